The van der Waals surface area contributed by atoms with Crippen molar-refractivity contribution in [2.24, 2.45) is 0 Å². The summed E-state index contributed by atoms with van der Waals surface area (Å²) < 4.78 is 15.7. The largest absolute Gasteiger partial charge is 0.496 e. The van der Waals surface area contributed by atoms with E-state index in [1.54, 1.807) is 32.4 Å². The van der Waals surface area contributed by atoms with Gasteiger partial charge in [-0.2, -0.15) is 0 Å². The normalized spacial score (nSPS) is 9.59. The molecule has 1 rings (SSSR count). The summed E-state index contributed by atoms with van der Waals surface area (Å²) in [4.78, 5) is 10.6. The summed E-state index contributed by atoms with van der Waals surface area (Å²) in [5.41, 5.74) is 0. The summed E-state index contributed by atoms with van der Waals surface area (Å²) in [5, 5.41) is 2.65. The predicted molar refractivity (Wildman–Crippen MR) is 63.7 cm³/mol. The van der Waals surface area contributed by atoms with E-state index in [0.717, 1.165) is 0 Å². The average molecular weight is 239 g/mol. The standard InChI is InChI=1S/C12H17NO4/c1-9(14)13-4-5-17-12-7-10(15-2)6-11(8-12)16-3/h6-8H,4-5H2,1-3H3,(H,13,14). The van der Waals surface area contributed by atoms with Crippen LogP contribution in [0.1, 0.15) is 6.92 Å². The van der Waals surface area contributed by atoms with Gasteiger partial charge in [-0.1, -0.05) is 0 Å². The number of carbonyl (C=O) groups is 1. The Bertz CT molecular complexity index is 357. The lowest BCUT2D eigenvalue weighted by Gasteiger charge is -2.10. The fraction of sp³-hybridized carbons (Fsp3) is 0.417. The van der Waals surface area contributed by atoms with Crippen molar-refractivity contribution in [1.82, 2.24) is 5.32 Å². The number of rotatable bonds is 6. The van der Waals surface area contributed by atoms with Crippen LogP contribution in [0.2, 0.25) is 0 Å². The van der Waals surface area contributed by atoms with Crippen LogP contribution in [-0.4, -0.2) is 33.3 Å². The number of benzene rings is 1. The minimum Gasteiger partial charge on any atom is -0.496 e. The summed E-state index contributed by atoms with van der Waals surface area (Å²) in [6.45, 7) is 2.33. The molecule has 0 heterocycles. The number of nitrogens with one attached hydrogen (secondary N) is 1. The monoisotopic (exact) mass is 239 g/mol. The minimum atomic E-state index is -0.0724. The van der Waals surface area contributed by atoms with Crippen LogP contribution in [0.15, 0.2) is 18.2 Å². The molecule has 1 aromatic carbocycles. The van der Waals surface area contributed by atoms with Crippen LogP contribution < -0.4 is 19.5 Å². The second-order valence-corrected chi connectivity index (χ2v) is 3.38. The Morgan fingerprint density at radius 2 is 1.65 bits per heavy atom. The molecule has 0 saturated heterocycles. The average Bonchev–Trinajstić information content (AvgIpc) is 2.34. The zero-order valence-electron chi connectivity index (χ0n) is 10.3. The highest BCUT2D eigenvalue weighted by Gasteiger charge is 2.02. The first-order chi connectivity index (χ1) is 8.15. The molecule has 1 N–H and O–H groups in total. The molecule has 94 valence electrons. The first kappa shape index (κ1) is 13.2. The van der Waals surface area contributed by atoms with Gasteiger partial charge in [0.05, 0.1) is 20.8 Å². The van der Waals surface area contributed by atoms with Crippen LogP contribution in [0.25, 0.3) is 0 Å². The van der Waals surface area contributed by atoms with E-state index in [2.05, 4.69) is 5.32 Å². The van der Waals surface area contributed by atoms with Gasteiger partial charge >= 0.3 is 0 Å². The molecule has 0 aliphatic rings. The van der Waals surface area contributed by atoms with Gasteiger partial charge < -0.3 is 19.5 Å². The highest BCUT2D eigenvalue weighted by molar-refractivity contribution is 5.72. The Balaban J connectivity index is 2.54. The van der Waals surface area contributed by atoms with Crippen molar-refractivity contribution in [3.05, 3.63) is 18.2 Å². The van der Waals surface area contributed by atoms with Crippen molar-refractivity contribution >= 4 is 5.91 Å². The van der Waals surface area contributed by atoms with Crippen molar-refractivity contribution in [2.45, 2.75) is 6.92 Å². The van der Waals surface area contributed by atoms with Gasteiger partial charge in [0.2, 0.25) is 5.91 Å². The Morgan fingerprint density at radius 3 is 2.12 bits per heavy atom. The fourth-order valence-corrected chi connectivity index (χ4v) is 1.26. The van der Waals surface area contributed by atoms with Crippen molar-refractivity contribution in [3.63, 3.8) is 0 Å². The topological polar surface area (TPSA) is 56.8 Å². The maximum Gasteiger partial charge on any atom is 0.216 e. The van der Waals surface area contributed by atoms with E-state index in [-0.39, 0.29) is 5.91 Å². The number of carbonyl (C=O) groups excluding carboxylic acids is 1. The van der Waals surface area contributed by atoms with E-state index < -0.39 is 0 Å². The molecule has 0 aliphatic carbocycles. The second kappa shape index (κ2) is 6.62. The van der Waals surface area contributed by atoms with Crippen LogP contribution in [0.5, 0.6) is 17.2 Å². The molecule has 1 amide bonds. The van der Waals surface area contributed by atoms with Gasteiger partial charge in [-0.05, 0) is 0 Å². The third-order valence-electron chi connectivity index (χ3n) is 2.07. The zero-order valence-corrected chi connectivity index (χ0v) is 10.3. The van der Waals surface area contributed by atoms with E-state index in [0.29, 0.717) is 30.4 Å². The van der Waals surface area contributed by atoms with E-state index >= 15 is 0 Å². The molecule has 0 radical (unpaired) electrons. The Labute approximate surface area is 101 Å². The van der Waals surface area contributed by atoms with Gasteiger partial charge in [0.25, 0.3) is 0 Å². The Kier molecular flexibility index (Phi) is 5.13. The third kappa shape index (κ3) is 4.63. The first-order valence-electron chi connectivity index (χ1n) is 5.26. The molecule has 0 aliphatic heterocycles. The molecule has 1 aromatic rings. The van der Waals surface area contributed by atoms with Crippen molar-refractivity contribution in [3.8, 4) is 17.2 Å². The number of hydrogen-bond acceptors (Lipinski definition) is 4. The van der Waals surface area contributed by atoms with Crippen LogP contribution in [0, 0.1) is 0 Å². The highest BCUT2D eigenvalue weighted by Crippen LogP contribution is 2.27. The molecule has 0 fully saturated rings. The molecule has 17 heavy (non-hydrogen) atoms. The van der Waals surface area contributed by atoms with Gasteiger partial charge in [0, 0.05) is 25.1 Å². The molecule has 0 aromatic heterocycles. The first-order valence-corrected chi connectivity index (χ1v) is 5.26. The molecular formula is C12H17NO4. The number of amides is 1. The summed E-state index contributed by atoms with van der Waals surface area (Å²) in [7, 11) is 3.16. The molecule has 0 spiro atoms. The highest BCUT2D eigenvalue weighted by atomic mass is 16.5. The smallest absolute Gasteiger partial charge is 0.216 e. The number of hydrogen-bond donors (Lipinski definition) is 1. The quantitative estimate of drug-likeness (QED) is 0.758. The lowest BCUT2D eigenvalue weighted by molar-refractivity contribution is -0.119. The van der Waals surface area contributed by atoms with Crippen LogP contribution in [-0.2, 0) is 4.79 Å². The van der Waals surface area contributed by atoms with Crippen molar-refractivity contribution in [1.29, 1.82) is 0 Å². The van der Waals surface area contributed by atoms with Crippen molar-refractivity contribution < 1.29 is 19.0 Å². The van der Waals surface area contributed by atoms with Gasteiger partial charge in [-0.25, -0.2) is 0 Å². The van der Waals surface area contributed by atoms with E-state index in [1.807, 2.05) is 0 Å². The molecular weight excluding hydrogens is 222 g/mol. The summed E-state index contributed by atoms with van der Waals surface area (Å²) in [6, 6.07) is 5.28. The van der Waals surface area contributed by atoms with Crippen LogP contribution in [0.4, 0.5) is 0 Å². The van der Waals surface area contributed by atoms with E-state index in [1.165, 1.54) is 6.92 Å². The van der Waals surface area contributed by atoms with Gasteiger partial charge in [0.1, 0.15) is 23.9 Å². The number of ether oxygens (including phenoxy) is 3. The third-order valence-corrected chi connectivity index (χ3v) is 2.07. The molecule has 0 unspecified atom stereocenters. The number of methoxy groups -OCH3 is 2. The summed E-state index contributed by atoms with van der Waals surface area (Å²) >= 11 is 0. The van der Waals surface area contributed by atoms with Gasteiger partial charge in [0.15, 0.2) is 0 Å². The zero-order chi connectivity index (χ0) is 12.7. The SMILES string of the molecule is COc1cc(OC)cc(OCCNC(C)=O)c1. The van der Waals surface area contributed by atoms with Gasteiger partial charge in [-0.3, -0.25) is 4.79 Å². The molecule has 0 saturated carbocycles. The predicted octanol–water partition coefficient (Wildman–Crippen LogP) is 1.22. The lowest BCUT2D eigenvalue weighted by atomic mass is 10.3. The van der Waals surface area contributed by atoms with Gasteiger partial charge in [-0.15, -0.1) is 0 Å². The molecule has 0 bridgehead atoms. The Morgan fingerprint density at radius 1 is 1.12 bits per heavy atom. The molecule has 5 nitrogen and oxygen atoms in total. The Hall–Kier alpha value is -1.91. The van der Waals surface area contributed by atoms with E-state index in [4.69, 9.17) is 14.2 Å². The summed E-state index contributed by atoms with van der Waals surface area (Å²) in [5.74, 6) is 1.90. The van der Waals surface area contributed by atoms with Crippen LogP contribution in [0.3, 0.4) is 0 Å². The maximum absolute atomic E-state index is 10.6. The molecule has 5 heteroatoms. The fourth-order valence-electron chi connectivity index (χ4n) is 1.26. The van der Waals surface area contributed by atoms with Crippen molar-refractivity contribution in [2.75, 3.05) is 27.4 Å². The minimum absolute atomic E-state index is 0.0724. The molecule has 0 atom stereocenters. The summed E-state index contributed by atoms with van der Waals surface area (Å²) in [6.07, 6.45) is 0. The second-order valence-electron chi connectivity index (χ2n) is 3.38. The maximum atomic E-state index is 10.6. The van der Waals surface area contributed by atoms with Crippen LogP contribution >= 0.6 is 0 Å². The van der Waals surface area contributed by atoms with E-state index in [9.17, 15) is 4.79 Å². The lowest BCUT2D eigenvalue weighted by Crippen LogP contribution is -2.25.